The van der Waals surface area contributed by atoms with Crippen LogP contribution in [0.4, 0.5) is 0 Å². The minimum absolute atomic E-state index is 0.544. The number of hydrogen-bond acceptors (Lipinski definition) is 4. The fraction of sp³-hybridized carbons (Fsp3) is 0. The Bertz CT molecular complexity index is 550. The van der Waals surface area contributed by atoms with Crippen LogP contribution in [0.2, 0.25) is 0 Å². The summed E-state index contributed by atoms with van der Waals surface area (Å²) in [7, 11) is 0. The normalized spacial score (nSPS) is 22.4. The van der Waals surface area contributed by atoms with Gasteiger partial charge < -0.3 is 0 Å². The molecule has 0 amide bonds. The molecule has 0 fully saturated rings. The molecule has 0 saturated carbocycles. The van der Waals surface area contributed by atoms with E-state index in [1.54, 1.807) is 24.3 Å². The third-order valence-electron chi connectivity index (χ3n) is 2.19. The molecule has 0 bridgehead atoms. The first-order valence-corrected chi connectivity index (χ1v) is 4.51. The van der Waals surface area contributed by atoms with E-state index >= 15 is 0 Å². The van der Waals surface area contributed by atoms with E-state index in [0.29, 0.717) is 11.4 Å². The molecule has 0 unspecified atom stereocenters. The van der Waals surface area contributed by atoms with Gasteiger partial charge in [-0.15, -0.1) is 5.10 Å². The van der Waals surface area contributed by atoms with Gasteiger partial charge in [-0.05, 0) is 12.2 Å². The van der Waals surface area contributed by atoms with Crippen molar-refractivity contribution in [2.75, 3.05) is 0 Å². The van der Waals surface area contributed by atoms with Crippen molar-refractivity contribution in [3.05, 3.63) is 52.7 Å². The summed E-state index contributed by atoms with van der Waals surface area (Å²) in [5.41, 5.74) is 9.46. The van der Waals surface area contributed by atoms with Gasteiger partial charge in [0.15, 0.2) is 10.8 Å². The largest absolute Gasteiger partial charge is 0.339 e. The van der Waals surface area contributed by atoms with Crippen molar-refractivity contribution in [3.8, 4) is 0 Å². The summed E-state index contributed by atoms with van der Waals surface area (Å²) in [6.07, 6.45) is 10.7. The van der Waals surface area contributed by atoms with Crippen LogP contribution in [0.5, 0.6) is 0 Å². The fourth-order valence-corrected chi connectivity index (χ4v) is 1.55. The molecule has 0 radical (unpaired) electrons. The summed E-state index contributed by atoms with van der Waals surface area (Å²) in [5.74, 6) is 0. The summed E-state index contributed by atoms with van der Waals surface area (Å²) in [6, 6.07) is 0. The van der Waals surface area contributed by atoms with E-state index in [2.05, 4.69) is 20.5 Å². The fourth-order valence-electron chi connectivity index (χ4n) is 1.55. The van der Waals surface area contributed by atoms with Crippen LogP contribution < -0.4 is 0 Å². The van der Waals surface area contributed by atoms with Crippen LogP contribution >= 0.6 is 0 Å². The highest BCUT2D eigenvalue weighted by molar-refractivity contribution is 6.25. The van der Waals surface area contributed by atoms with Crippen molar-refractivity contribution in [1.29, 1.82) is 10.9 Å². The highest BCUT2D eigenvalue weighted by Gasteiger charge is 2.21. The van der Waals surface area contributed by atoms with E-state index < -0.39 is 0 Å². The lowest BCUT2D eigenvalue weighted by Crippen LogP contribution is -2.14. The second-order valence-electron chi connectivity index (χ2n) is 3.04. The van der Waals surface area contributed by atoms with Gasteiger partial charge in [-0.2, -0.15) is 5.53 Å². The Morgan fingerprint density at radius 3 is 2.31 bits per heavy atom. The Hall–Kier alpha value is -2.68. The summed E-state index contributed by atoms with van der Waals surface area (Å²) in [4.78, 5) is 0. The molecule has 2 aliphatic rings. The maximum atomic E-state index is 8.44. The molecule has 0 aliphatic heterocycles. The zero-order valence-corrected chi connectivity index (χ0v) is 8.20. The van der Waals surface area contributed by atoms with Gasteiger partial charge in [0.2, 0.25) is 0 Å². The topological polar surface area (TPSA) is 89.1 Å². The molecule has 0 aromatic rings. The van der Waals surface area contributed by atoms with Crippen molar-refractivity contribution in [2.45, 2.75) is 0 Å². The second kappa shape index (κ2) is 4.23. The Labute approximate surface area is 91.2 Å². The number of hydrogen-bond donors (Lipinski definition) is 1. The minimum Gasteiger partial charge on any atom is -0.185 e. The number of rotatable bonds is 1. The van der Waals surface area contributed by atoms with Crippen LogP contribution in [0, 0.1) is 10.9 Å². The molecule has 16 heavy (non-hydrogen) atoms. The monoisotopic (exact) mass is 211 g/mol. The molecule has 0 heterocycles. The average molecular weight is 211 g/mol. The third kappa shape index (κ3) is 1.62. The summed E-state index contributed by atoms with van der Waals surface area (Å²) in [5, 5.41) is 21.5. The zero-order valence-electron chi connectivity index (χ0n) is 8.20. The van der Waals surface area contributed by atoms with Crippen LogP contribution in [0.25, 0.3) is 5.08 Å². The molecule has 2 rings (SSSR count). The van der Waals surface area contributed by atoms with Crippen LogP contribution in [-0.2, 0) is 0 Å². The Kier molecular flexibility index (Phi) is 2.61. The van der Waals surface area contributed by atoms with Gasteiger partial charge in [-0.25, -0.2) is 0 Å². The van der Waals surface area contributed by atoms with E-state index in [-0.39, 0.29) is 0 Å². The van der Waals surface area contributed by atoms with E-state index in [1.165, 1.54) is 0 Å². The van der Waals surface area contributed by atoms with Gasteiger partial charge in [0.1, 0.15) is 0 Å². The molecule has 6 nitrogen and oxygen atoms in total. The number of nitrogens with zero attached hydrogens (tertiary/aromatic N) is 5. The summed E-state index contributed by atoms with van der Waals surface area (Å²) in [6.45, 7) is 0. The van der Waals surface area contributed by atoms with Gasteiger partial charge in [-0.3, -0.25) is 0 Å². The molecule has 0 atom stereocenters. The standard InChI is InChI=1S/C10H7N6/c11-15-13-9-5-1-3-7-8(9)4-2-6-10(7)14-16-12/h1-6,11H/q+1/b13-9+,14-10+,15-11?. The lowest BCUT2D eigenvalue weighted by atomic mass is 9.89. The summed E-state index contributed by atoms with van der Waals surface area (Å²) >= 11 is 0. The van der Waals surface area contributed by atoms with Crippen LogP contribution in [-0.4, -0.2) is 11.4 Å². The van der Waals surface area contributed by atoms with E-state index in [4.69, 9.17) is 10.9 Å². The van der Waals surface area contributed by atoms with Crippen molar-refractivity contribution < 1.29 is 0 Å². The number of diazo groups is 1. The molecule has 0 saturated heterocycles. The molecule has 6 heteroatoms. The zero-order chi connectivity index (χ0) is 11.4. The molecular weight excluding hydrogens is 204 g/mol. The molecule has 2 aliphatic carbocycles. The highest BCUT2D eigenvalue weighted by Crippen LogP contribution is 2.23. The lowest BCUT2D eigenvalue weighted by molar-refractivity contribution is 0.990. The Morgan fingerprint density at radius 2 is 1.69 bits per heavy atom. The van der Waals surface area contributed by atoms with Crippen molar-refractivity contribution >= 4 is 11.4 Å². The van der Waals surface area contributed by atoms with Gasteiger partial charge in [0.25, 0.3) is 5.39 Å². The average Bonchev–Trinajstić information content (AvgIpc) is 2.31. The maximum Gasteiger partial charge on any atom is 0.339 e. The van der Waals surface area contributed by atoms with Crippen LogP contribution in [0.15, 0.2) is 63.0 Å². The molecule has 0 spiro atoms. The molecular formula is C10H7N6+. The van der Waals surface area contributed by atoms with Crippen LogP contribution in [0.3, 0.4) is 0 Å². The Morgan fingerprint density at radius 1 is 1.06 bits per heavy atom. The first-order chi connectivity index (χ1) is 7.86. The number of allylic oxidation sites excluding steroid dienone is 8. The highest BCUT2D eigenvalue weighted by atomic mass is 15.3. The van der Waals surface area contributed by atoms with Gasteiger partial charge in [0.05, 0.1) is 5.71 Å². The minimum atomic E-state index is 0.544. The predicted molar refractivity (Wildman–Crippen MR) is 59.5 cm³/mol. The number of nitrogens with one attached hydrogen (secondary N) is 1. The van der Waals surface area contributed by atoms with Crippen molar-refractivity contribution in [3.63, 3.8) is 0 Å². The molecule has 0 aromatic carbocycles. The quantitative estimate of drug-likeness (QED) is 0.403. The van der Waals surface area contributed by atoms with Gasteiger partial charge in [-0.1, -0.05) is 29.5 Å². The smallest absolute Gasteiger partial charge is 0.185 e. The SMILES string of the molecule is N#[N+]/N=C1\C=CC=C2C1=CC=C/C2=N\N=N. The third-order valence-corrected chi connectivity index (χ3v) is 2.19. The van der Waals surface area contributed by atoms with Crippen LogP contribution in [0.1, 0.15) is 0 Å². The van der Waals surface area contributed by atoms with E-state index in [9.17, 15) is 0 Å². The van der Waals surface area contributed by atoms with Gasteiger partial charge >= 0.3 is 5.08 Å². The van der Waals surface area contributed by atoms with Crippen molar-refractivity contribution in [2.24, 2.45) is 15.4 Å². The molecule has 76 valence electrons. The Balaban J connectivity index is 2.52. The molecule has 1 N–H and O–H groups in total. The van der Waals surface area contributed by atoms with Gasteiger partial charge in [0, 0.05) is 11.1 Å². The lowest BCUT2D eigenvalue weighted by Gasteiger charge is -2.14. The van der Waals surface area contributed by atoms with Crippen molar-refractivity contribution in [1.82, 2.24) is 0 Å². The second-order valence-corrected chi connectivity index (χ2v) is 3.04. The first-order valence-electron chi connectivity index (χ1n) is 4.51. The predicted octanol–water partition coefficient (Wildman–Crippen LogP) is 2.57. The van der Waals surface area contributed by atoms with E-state index in [1.807, 2.05) is 12.2 Å². The maximum absolute atomic E-state index is 8.44. The van der Waals surface area contributed by atoms with E-state index in [0.717, 1.165) is 11.1 Å². The molecule has 0 aromatic heterocycles. The first kappa shape index (κ1) is 9.86. The summed E-state index contributed by atoms with van der Waals surface area (Å²) < 4.78 is 0. The number of fused-ring (bicyclic) bond motifs is 1.